The van der Waals surface area contributed by atoms with E-state index in [4.69, 9.17) is 9.47 Å². The van der Waals surface area contributed by atoms with Gasteiger partial charge < -0.3 is 19.7 Å². The summed E-state index contributed by atoms with van der Waals surface area (Å²) >= 11 is 0. The maximum absolute atomic E-state index is 10.8. The number of fused-ring (bicyclic) bond motifs is 2. The van der Waals surface area contributed by atoms with Crippen LogP contribution in [-0.4, -0.2) is 41.4 Å². The molecule has 5 aliphatic carbocycles. The van der Waals surface area contributed by atoms with Gasteiger partial charge in [-0.2, -0.15) is 0 Å². The Bertz CT molecular complexity index is 659. The van der Waals surface area contributed by atoms with Crippen LogP contribution in [0.15, 0.2) is 12.2 Å². The van der Waals surface area contributed by atoms with Crippen molar-refractivity contribution in [1.29, 1.82) is 0 Å². The fourth-order valence-electron chi connectivity index (χ4n) is 8.47. The number of aliphatic hydroxyl groups excluding tert-OH is 2. The highest BCUT2D eigenvalue weighted by molar-refractivity contribution is 5.30. The van der Waals surface area contributed by atoms with Gasteiger partial charge >= 0.3 is 0 Å². The van der Waals surface area contributed by atoms with Gasteiger partial charge in [-0.1, -0.05) is 19.9 Å². The molecule has 2 N–H and O–H groups in total. The first-order valence-corrected chi connectivity index (χ1v) is 11.0. The summed E-state index contributed by atoms with van der Waals surface area (Å²) in [5, 5.41) is 21.1. The van der Waals surface area contributed by atoms with E-state index in [-0.39, 0.29) is 41.7 Å². The fourth-order valence-corrected chi connectivity index (χ4v) is 8.47. The smallest absolute Gasteiger partial charge is 0.163 e. The van der Waals surface area contributed by atoms with Gasteiger partial charge in [0, 0.05) is 24.0 Å². The minimum Gasteiger partial charge on any atom is -0.396 e. The Morgan fingerprint density at radius 2 is 1.78 bits per heavy atom. The molecule has 0 radical (unpaired) electrons. The summed E-state index contributed by atoms with van der Waals surface area (Å²) in [6.45, 7) is 11.2. The van der Waals surface area contributed by atoms with Crippen molar-refractivity contribution in [3.05, 3.63) is 12.2 Å². The Labute approximate surface area is 163 Å². The predicted octanol–water partition coefficient (Wildman–Crippen LogP) is 3.66. The molecule has 1 aliphatic heterocycles. The first-order chi connectivity index (χ1) is 12.7. The SMILES string of the molecule is C=C1C2CC[C@@]34C(C2)[C@]2(CO)CCC[C@@](C)(CO)C2C[C@H]3OC(C)(C)O[C@@H]14. The quantitative estimate of drug-likeness (QED) is 0.722. The van der Waals surface area contributed by atoms with Gasteiger partial charge in [0.1, 0.15) is 0 Å². The second-order valence-corrected chi connectivity index (χ2v) is 11.1. The van der Waals surface area contributed by atoms with Gasteiger partial charge in [0.2, 0.25) is 0 Å². The molecule has 4 heteroatoms. The van der Waals surface area contributed by atoms with Gasteiger partial charge in [0.05, 0.1) is 12.2 Å². The van der Waals surface area contributed by atoms with Gasteiger partial charge in [-0.3, -0.25) is 0 Å². The Kier molecular flexibility index (Phi) is 3.85. The molecular weight excluding hydrogens is 340 g/mol. The largest absolute Gasteiger partial charge is 0.396 e. The topological polar surface area (TPSA) is 58.9 Å². The van der Waals surface area contributed by atoms with E-state index in [2.05, 4.69) is 13.5 Å². The van der Waals surface area contributed by atoms with Crippen LogP contribution in [-0.2, 0) is 9.47 Å². The van der Waals surface area contributed by atoms with E-state index in [1.54, 1.807) is 0 Å². The van der Waals surface area contributed by atoms with Crippen LogP contribution in [0.25, 0.3) is 0 Å². The molecule has 27 heavy (non-hydrogen) atoms. The lowest BCUT2D eigenvalue weighted by Gasteiger charge is -2.74. The van der Waals surface area contributed by atoms with Crippen molar-refractivity contribution >= 4 is 0 Å². The molecule has 6 fully saturated rings. The summed E-state index contributed by atoms with van der Waals surface area (Å²) in [7, 11) is 0. The summed E-state index contributed by atoms with van der Waals surface area (Å²) in [5.74, 6) is 0.599. The number of aliphatic hydroxyl groups is 2. The van der Waals surface area contributed by atoms with Crippen LogP contribution in [0, 0.1) is 34.0 Å². The van der Waals surface area contributed by atoms with Gasteiger partial charge in [-0.05, 0) is 81.1 Å². The van der Waals surface area contributed by atoms with E-state index in [9.17, 15) is 10.2 Å². The number of rotatable bonds is 2. The molecule has 0 aromatic heterocycles. The lowest BCUT2D eigenvalue weighted by atomic mass is 9.35. The first-order valence-electron chi connectivity index (χ1n) is 11.0. The molecule has 6 aliphatic rings. The van der Waals surface area contributed by atoms with Crippen molar-refractivity contribution in [3.63, 3.8) is 0 Å². The molecule has 1 saturated heterocycles. The van der Waals surface area contributed by atoms with E-state index in [1.807, 2.05) is 13.8 Å². The lowest BCUT2D eigenvalue weighted by molar-refractivity contribution is -0.397. The Morgan fingerprint density at radius 1 is 1.00 bits per heavy atom. The Morgan fingerprint density at radius 3 is 2.48 bits per heavy atom. The third-order valence-electron chi connectivity index (χ3n) is 9.60. The molecular formula is C23H36O4. The van der Waals surface area contributed by atoms with E-state index in [0.717, 1.165) is 38.5 Å². The minimum absolute atomic E-state index is 0.0473. The van der Waals surface area contributed by atoms with Crippen LogP contribution in [0.5, 0.6) is 0 Å². The molecule has 1 spiro atoms. The van der Waals surface area contributed by atoms with Gasteiger partial charge in [-0.15, -0.1) is 0 Å². The van der Waals surface area contributed by atoms with Crippen molar-refractivity contribution in [1.82, 2.24) is 0 Å². The standard InChI is InChI=1S/C23H36O4/c1-14-15-6-9-23-17(10-15)22(13-25)8-5-7-21(4,12-24)16(22)11-18(23)26-20(2,3)27-19(14)23/h15-19,24-25H,1,5-13H2,2-4H3/t15?,16?,17?,18-,19+,21+,22+,23-/m1/s1. The zero-order valence-corrected chi connectivity index (χ0v) is 17.2. The zero-order valence-electron chi connectivity index (χ0n) is 17.2. The molecule has 0 amide bonds. The van der Waals surface area contributed by atoms with Gasteiger partial charge in [0.25, 0.3) is 0 Å². The number of hydrogen-bond donors (Lipinski definition) is 2. The average Bonchev–Trinajstić information content (AvgIpc) is 2.64. The summed E-state index contributed by atoms with van der Waals surface area (Å²) in [4.78, 5) is 0. The monoisotopic (exact) mass is 376 g/mol. The first kappa shape index (κ1) is 18.6. The van der Waals surface area contributed by atoms with Gasteiger partial charge in [-0.25, -0.2) is 0 Å². The molecule has 1 heterocycles. The van der Waals surface area contributed by atoms with Crippen molar-refractivity contribution in [3.8, 4) is 0 Å². The van der Waals surface area contributed by atoms with Crippen LogP contribution in [0.1, 0.15) is 65.7 Å². The van der Waals surface area contributed by atoms with Crippen LogP contribution in [0.2, 0.25) is 0 Å². The second-order valence-electron chi connectivity index (χ2n) is 11.1. The van der Waals surface area contributed by atoms with Crippen molar-refractivity contribution in [2.45, 2.75) is 83.7 Å². The third-order valence-corrected chi connectivity index (χ3v) is 9.60. The predicted molar refractivity (Wildman–Crippen MR) is 103 cm³/mol. The molecule has 5 saturated carbocycles. The molecule has 0 aromatic rings. The number of ether oxygens (including phenoxy) is 2. The summed E-state index contributed by atoms with van der Waals surface area (Å²) in [6, 6.07) is 0. The molecule has 6 rings (SSSR count). The van der Waals surface area contributed by atoms with E-state index >= 15 is 0 Å². The van der Waals surface area contributed by atoms with Crippen molar-refractivity contribution in [2.75, 3.05) is 13.2 Å². The highest BCUT2D eigenvalue weighted by atomic mass is 16.7. The Balaban J connectivity index is 1.68. The van der Waals surface area contributed by atoms with E-state index < -0.39 is 5.79 Å². The molecule has 3 unspecified atom stereocenters. The second kappa shape index (κ2) is 5.59. The van der Waals surface area contributed by atoms with Crippen molar-refractivity contribution in [2.24, 2.45) is 34.0 Å². The van der Waals surface area contributed by atoms with E-state index in [1.165, 1.54) is 12.0 Å². The van der Waals surface area contributed by atoms with Crippen LogP contribution >= 0.6 is 0 Å². The van der Waals surface area contributed by atoms with E-state index in [0.29, 0.717) is 17.8 Å². The highest BCUT2D eigenvalue weighted by Crippen LogP contribution is 2.74. The molecule has 2 bridgehead atoms. The average molecular weight is 377 g/mol. The lowest BCUT2D eigenvalue weighted by Crippen LogP contribution is -2.75. The zero-order chi connectivity index (χ0) is 19.2. The van der Waals surface area contributed by atoms with Crippen LogP contribution in [0.3, 0.4) is 0 Å². The fraction of sp³-hybridized carbons (Fsp3) is 0.913. The van der Waals surface area contributed by atoms with Crippen LogP contribution < -0.4 is 0 Å². The van der Waals surface area contributed by atoms with Gasteiger partial charge in [0.15, 0.2) is 5.79 Å². The highest BCUT2D eigenvalue weighted by Gasteiger charge is 2.73. The summed E-state index contributed by atoms with van der Waals surface area (Å²) in [6.07, 6.45) is 7.72. The minimum atomic E-state index is -0.602. The third kappa shape index (κ3) is 2.14. The maximum atomic E-state index is 10.8. The Hall–Kier alpha value is -0.420. The summed E-state index contributed by atoms with van der Waals surface area (Å²) < 4.78 is 13.2. The molecule has 4 nitrogen and oxygen atoms in total. The maximum Gasteiger partial charge on any atom is 0.163 e. The molecule has 152 valence electrons. The van der Waals surface area contributed by atoms with Crippen molar-refractivity contribution < 1.29 is 19.7 Å². The number of hydrogen-bond acceptors (Lipinski definition) is 4. The normalized spacial score (nSPS) is 55.7. The summed E-state index contributed by atoms with van der Waals surface area (Å²) in [5.41, 5.74) is 0.982. The molecule has 8 atom stereocenters. The van der Waals surface area contributed by atoms with Crippen LogP contribution in [0.4, 0.5) is 0 Å². The molecule has 0 aromatic carbocycles.